The van der Waals surface area contributed by atoms with Crippen molar-refractivity contribution in [3.8, 4) is 17.2 Å². The van der Waals surface area contributed by atoms with Gasteiger partial charge in [0.25, 0.3) is 0 Å². The Hall–Kier alpha value is -3.85. The number of carboxylic acid groups (broad SMARTS) is 1. The summed E-state index contributed by atoms with van der Waals surface area (Å²) in [4.78, 5) is 13.7. The summed E-state index contributed by atoms with van der Waals surface area (Å²) in [6.45, 7) is 7.79. The molecule has 0 atom stereocenters. The number of ether oxygens (including phenoxy) is 2. The molecule has 1 saturated heterocycles. The molecule has 2 aromatic heterocycles. The van der Waals surface area contributed by atoms with E-state index in [0.29, 0.717) is 18.7 Å². The fourth-order valence-electron chi connectivity index (χ4n) is 4.92. The second kappa shape index (κ2) is 10.4. The first-order valence-corrected chi connectivity index (χ1v) is 12.4. The average Bonchev–Trinajstić information content (AvgIpc) is 3.55. The van der Waals surface area contributed by atoms with Crippen LogP contribution in [0.15, 0.2) is 54.9 Å². The molecule has 9 heteroatoms. The molecule has 1 N–H and O–H groups in total. The molecule has 0 bridgehead atoms. The van der Waals surface area contributed by atoms with Crippen LogP contribution in [0, 0.1) is 0 Å². The van der Waals surface area contributed by atoms with E-state index in [9.17, 15) is 9.90 Å². The van der Waals surface area contributed by atoms with Crippen LogP contribution in [0.2, 0.25) is 0 Å². The first kappa shape index (κ1) is 23.9. The zero-order valence-electron chi connectivity index (χ0n) is 20.6. The summed E-state index contributed by atoms with van der Waals surface area (Å²) in [5.74, 6) is 0.680. The van der Waals surface area contributed by atoms with Gasteiger partial charge in [-0.2, -0.15) is 0 Å². The van der Waals surface area contributed by atoms with E-state index >= 15 is 0 Å². The lowest BCUT2D eigenvalue weighted by Crippen LogP contribution is -2.34. The van der Waals surface area contributed by atoms with Crippen LogP contribution in [0.1, 0.15) is 48.7 Å². The van der Waals surface area contributed by atoms with Crippen LogP contribution < -0.4 is 9.47 Å². The highest BCUT2D eigenvalue weighted by atomic mass is 16.5. The minimum Gasteiger partial charge on any atom is -0.492 e. The van der Waals surface area contributed by atoms with Crippen LogP contribution in [0.3, 0.4) is 0 Å². The first-order valence-electron chi connectivity index (χ1n) is 12.4. The van der Waals surface area contributed by atoms with Crippen LogP contribution >= 0.6 is 0 Å². The van der Waals surface area contributed by atoms with Crippen LogP contribution in [-0.2, 0) is 6.54 Å². The SMILES string of the molecule is CCOc1cc(CN2CCC(n3nnc4cc(C(=O)O)ccc43)CC2)cc(OCC)c1-n1cccc1. The Balaban J connectivity index is 1.31. The van der Waals surface area contributed by atoms with E-state index in [-0.39, 0.29) is 11.6 Å². The first-order chi connectivity index (χ1) is 17.6. The van der Waals surface area contributed by atoms with Crippen LogP contribution in [0.5, 0.6) is 11.5 Å². The minimum absolute atomic E-state index is 0.227. The fourth-order valence-corrected chi connectivity index (χ4v) is 4.92. The third-order valence-corrected chi connectivity index (χ3v) is 6.59. The molecule has 1 aliphatic rings. The summed E-state index contributed by atoms with van der Waals surface area (Å²) >= 11 is 0. The van der Waals surface area contributed by atoms with Gasteiger partial charge in [-0.15, -0.1) is 5.10 Å². The van der Waals surface area contributed by atoms with Gasteiger partial charge < -0.3 is 19.1 Å². The Morgan fingerprint density at radius 3 is 2.31 bits per heavy atom. The summed E-state index contributed by atoms with van der Waals surface area (Å²) < 4.78 is 16.0. The lowest BCUT2D eigenvalue weighted by molar-refractivity contribution is 0.0697. The maximum atomic E-state index is 11.3. The van der Waals surface area contributed by atoms with Crippen molar-refractivity contribution in [3.63, 3.8) is 0 Å². The summed E-state index contributed by atoms with van der Waals surface area (Å²) in [5.41, 5.74) is 3.80. The Morgan fingerprint density at radius 2 is 1.69 bits per heavy atom. The molecule has 0 spiro atoms. The quantitative estimate of drug-likeness (QED) is 0.368. The zero-order chi connectivity index (χ0) is 25.1. The summed E-state index contributed by atoms with van der Waals surface area (Å²) in [6.07, 6.45) is 5.89. The van der Waals surface area contributed by atoms with Crippen molar-refractivity contribution in [2.45, 2.75) is 39.3 Å². The van der Waals surface area contributed by atoms with Gasteiger partial charge >= 0.3 is 5.97 Å². The lowest BCUT2D eigenvalue weighted by atomic mass is 10.0. The number of hydrogen-bond acceptors (Lipinski definition) is 6. The normalized spacial score (nSPS) is 14.8. The molecule has 0 amide bonds. The number of fused-ring (bicyclic) bond motifs is 1. The molecular formula is C27H31N5O4. The Kier molecular flexibility index (Phi) is 6.90. The predicted octanol–water partition coefficient (Wildman–Crippen LogP) is 4.55. The predicted molar refractivity (Wildman–Crippen MR) is 136 cm³/mol. The molecule has 188 valence electrons. The van der Waals surface area contributed by atoms with E-state index in [0.717, 1.165) is 60.7 Å². The molecule has 1 fully saturated rings. The average molecular weight is 490 g/mol. The van der Waals surface area contributed by atoms with Gasteiger partial charge in [0.05, 0.1) is 30.3 Å². The molecule has 1 aliphatic heterocycles. The van der Waals surface area contributed by atoms with E-state index in [1.54, 1.807) is 12.1 Å². The summed E-state index contributed by atoms with van der Waals surface area (Å²) in [7, 11) is 0. The maximum absolute atomic E-state index is 11.3. The van der Waals surface area contributed by atoms with Gasteiger partial charge in [-0.25, -0.2) is 9.48 Å². The number of carboxylic acids is 1. The number of likely N-dealkylation sites (tertiary alicyclic amines) is 1. The van der Waals surface area contributed by atoms with E-state index in [4.69, 9.17) is 9.47 Å². The van der Waals surface area contributed by atoms with E-state index < -0.39 is 5.97 Å². The minimum atomic E-state index is -0.957. The third-order valence-electron chi connectivity index (χ3n) is 6.59. The Bertz CT molecular complexity index is 1310. The van der Waals surface area contributed by atoms with Gasteiger partial charge in [-0.05, 0) is 74.7 Å². The highest BCUT2D eigenvalue weighted by Crippen LogP contribution is 2.36. The fraction of sp³-hybridized carbons (Fsp3) is 0.370. The van der Waals surface area contributed by atoms with Gasteiger partial charge in [-0.3, -0.25) is 4.90 Å². The van der Waals surface area contributed by atoms with E-state index in [1.165, 1.54) is 0 Å². The van der Waals surface area contributed by atoms with Gasteiger partial charge in [-0.1, -0.05) is 5.21 Å². The number of nitrogens with zero attached hydrogens (tertiary/aromatic N) is 5. The molecule has 4 aromatic rings. The summed E-state index contributed by atoms with van der Waals surface area (Å²) in [6, 6.07) is 13.5. The third kappa shape index (κ3) is 4.79. The van der Waals surface area contributed by atoms with Gasteiger partial charge in [0, 0.05) is 32.0 Å². The number of benzene rings is 2. The maximum Gasteiger partial charge on any atom is 0.335 e. The lowest BCUT2D eigenvalue weighted by Gasteiger charge is -2.32. The highest BCUT2D eigenvalue weighted by Gasteiger charge is 2.24. The second-order valence-corrected chi connectivity index (χ2v) is 8.95. The molecule has 0 radical (unpaired) electrons. The second-order valence-electron chi connectivity index (χ2n) is 8.95. The van der Waals surface area contributed by atoms with Crippen molar-refractivity contribution in [2.75, 3.05) is 26.3 Å². The molecule has 2 aromatic carbocycles. The van der Waals surface area contributed by atoms with Crippen molar-refractivity contribution in [3.05, 3.63) is 66.0 Å². The topological polar surface area (TPSA) is 94.6 Å². The van der Waals surface area contributed by atoms with Crippen molar-refractivity contribution in [1.29, 1.82) is 0 Å². The van der Waals surface area contributed by atoms with Crippen LogP contribution in [0.4, 0.5) is 0 Å². The monoisotopic (exact) mass is 489 g/mol. The molecule has 3 heterocycles. The number of rotatable bonds is 9. The number of aromatic nitrogens is 4. The largest absolute Gasteiger partial charge is 0.492 e. The van der Waals surface area contributed by atoms with Crippen LogP contribution in [0.25, 0.3) is 16.7 Å². The van der Waals surface area contributed by atoms with E-state index in [2.05, 4.69) is 27.3 Å². The Morgan fingerprint density at radius 1 is 1.03 bits per heavy atom. The molecule has 36 heavy (non-hydrogen) atoms. The van der Waals surface area contributed by atoms with Gasteiger partial charge in [0.15, 0.2) is 0 Å². The van der Waals surface area contributed by atoms with E-state index in [1.807, 2.05) is 53.7 Å². The standard InChI is InChI=1S/C27H31N5O4/c1-3-35-24-15-19(16-25(36-4-2)26(24)31-11-5-6-12-31)18-30-13-9-21(10-14-30)32-23-8-7-20(27(33)34)17-22(23)28-29-32/h5-8,11-12,15-17,21H,3-4,9-10,13-14,18H2,1-2H3,(H,33,34). The number of piperidine rings is 1. The number of carbonyl (C=O) groups is 1. The van der Waals surface area contributed by atoms with Crippen LogP contribution in [-0.4, -0.2) is 61.8 Å². The molecule has 0 saturated carbocycles. The highest BCUT2D eigenvalue weighted by molar-refractivity contribution is 5.92. The van der Waals surface area contributed by atoms with Gasteiger partial charge in [0.1, 0.15) is 22.7 Å². The van der Waals surface area contributed by atoms with Crippen molar-refractivity contribution >= 4 is 17.0 Å². The smallest absolute Gasteiger partial charge is 0.335 e. The van der Waals surface area contributed by atoms with Crippen molar-refractivity contribution < 1.29 is 19.4 Å². The molecule has 0 aliphatic carbocycles. The summed E-state index contributed by atoms with van der Waals surface area (Å²) in [5, 5.41) is 17.8. The Labute approximate surface area is 209 Å². The molecule has 9 nitrogen and oxygen atoms in total. The number of hydrogen-bond donors (Lipinski definition) is 1. The molecule has 0 unspecified atom stereocenters. The van der Waals surface area contributed by atoms with Crippen molar-refractivity contribution in [1.82, 2.24) is 24.5 Å². The van der Waals surface area contributed by atoms with Crippen molar-refractivity contribution in [2.24, 2.45) is 0 Å². The zero-order valence-corrected chi connectivity index (χ0v) is 20.6. The molecule has 5 rings (SSSR count). The number of aromatic carboxylic acids is 1. The molecular weight excluding hydrogens is 458 g/mol. The van der Waals surface area contributed by atoms with Gasteiger partial charge in [0.2, 0.25) is 0 Å².